The summed E-state index contributed by atoms with van der Waals surface area (Å²) in [4.78, 5) is 0.727. The van der Waals surface area contributed by atoms with E-state index in [-0.39, 0.29) is 0 Å². The van der Waals surface area contributed by atoms with Crippen molar-refractivity contribution in [2.45, 2.75) is 20.1 Å². The fourth-order valence-corrected chi connectivity index (χ4v) is 2.66. The summed E-state index contributed by atoms with van der Waals surface area (Å²) < 4.78 is 5.90. The lowest BCUT2D eigenvalue weighted by Crippen LogP contribution is -2.21. The van der Waals surface area contributed by atoms with Crippen molar-refractivity contribution in [3.8, 4) is 5.75 Å². The summed E-state index contributed by atoms with van der Waals surface area (Å²) in [5.74, 6) is 0.821. The number of hydrogen-bond acceptors (Lipinski definition) is 2. The normalized spacial score (nSPS) is 10.3. The van der Waals surface area contributed by atoms with E-state index in [0.29, 0.717) is 13.2 Å². The smallest absolute Gasteiger partial charge is 0.120 e. The van der Waals surface area contributed by atoms with E-state index >= 15 is 0 Å². The fourth-order valence-electron chi connectivity index (χ4n) is 2.46. The summed E-state index contributed by atoms with van der Waals surface area (Å²) in [7, 11) is 0. The molecule has 3 aromatic rings. The zero-order chi connectivity index (χ0) is 17.5. The Morgan fingerprint density at radius 3 is 2.40 bits per heavy atom. The molecule has 0 aliphatic carbocycles. The van der Waals surface area contributed by atoms with Crippen molar-refractivity contribution in [2.75, 3.05) is 0 Å². The minimum atomic E-state index is 0.550. The number of aryl methyl sites for hydroxylation is 1. The zero-order valence-electron chi connectivity index (χ0n) is 14.2. The first-order valence-electron chi connectivity index (χ1n) is 8.31. The number of nitrogens with one attached hydrogen (secondary N) is 1. The molecule has 0 bridgehead atoms. The van der Waals surface area contributed by atoms with Crippen molar-refractivity contribution in [1.29, 1.82) is 0 Å². The zero-order valence-corrected chi connectivity index (χ0v) is 15.1. The van der Waals surface area contributed by atoms with Crippen LogP contribution in [0.1, 0.15) is 22.3 Å². The molecular weight excluding hydrogens is 326 g/mol. The molecular formula is C22H21NOS. The molecule has 0 aliphatic rings. The molecule has 0 aliphatic heterocycles. The van der Waals surface area contributed by atoms with E-state index < -0.39 is 0 Å². The average Bonchev–Trinajstić information content (AvgIpc) is 2.67. The van der Waals surface area contributed by atoms with Gasteiger partial charge in [-0.2, -0.15) is 0 Å². The van der Waals surface area contributed by atoms with Gasteiger partial charge in [0.15, 0.2) is 0 Å². The minimum Gasteiger partial charge on any atom is -0.489 e. The van der Waals surface area contributed by atoms with Gasteiger partial charge in [-0.25, -0.2) is 0 Å². The van der Waals surface area contributed by atoms with Crippen molar-refractivity contribution in [1.82, 2.24) is 5.32 Å². The van der Waals surface area contributed by atoms with Crippen LogP contribution in [0.3, 0.4) is 0 Å². The van der Waals surface area contributed by atoms with E-state index in [1.807, 2.05) is 42.5 Å². The minimum absolute atomic E-state index is 0.550. The van der Waals surface area contributed by atoms with Gasteiger partial charge in [-0.1, -0.05) is 84.5 Å². The number of benzene rings is 3. The number of ether oxygens (including phenoxy) is 1. The maximum atomic E-state index is 5.90. The van der Waals surface area contributed by atoms with Gasteiger partial charge >= 0.3 is 0 Å². The molecule has 1 N–H and O–H groups in total. The molecule has 0 unspecified atom stereocenters. The highest BCUT2D eigenvalue weighted by molar-refractivity contribution is 7.80. The van der Waals surface area contributed by atoms with Gasteiger partial charge in [0, 0.05) is 12.1 Å². The van der Waals surface area contributed by atoms with Crippen LogP contribution in [0.5, 0.6) is 5.75 Å². The Kier molecular flexibility index (Phi) is 5.81. The molecule has 0 heterocycles. The van der Waals surface area contributed by atoms with Gasteiger partial charge in [-0.05, 0) is 30.2 Å². The Hall–Kier alpha value is -2.65. The van der Waals surface area contributed by atoms with Gasteiger partial charge in [0.25, 0.3) is 0 Å². The number of hydrogen-bond donors (Lipinski definition) is 1. The lowest BCUT2D eigenvalue weighted by atomic mass is 10.1. The van der Waals surface area contributed by atoms with E-state index in [1.165, 1.54) is 11.1 Å². The van der Waals surface area contributed by atoms with Crippen molar-refractivity contribution < 1.29 is 4.74 Å². The summed E-state index contributed by atoms with van der Waals surface area (Å²) in [5.41, 5.74) is 4.57. The van der Waals surface area contributed by atoms with Crippen molar-refractivity contribution in [3.63, 3.8) is 0 Å². The summed E-state index contributed by atoms with van der Waals surface area (Å²) in [6.45, 7) is 3.35. The number of thiocarbonyl (C=S) groups is 1. The van der Waals surface area contributed by atoms with Gasteiger partial charge < -0.3 is 10.1 Å². The molecule has 3 rings (SSSR count). The van der Waals surface area contributed by atoms with Crippen LogP contribution in [0, 0.1) is 6.92 Å². The molecule has 0 spiro atoms. The molecule has 0 atom stereocenters. The molecule has 126 valence electrons. The van der Waals surface area contributed by atoms with Crippen LogP contribution in [0.25, 0.3) is 0 Å². The van der Waals surface area contributed by atoms with Crippen LogP contribution < -0.4 is 10.1 Å². The Balaban J connectivity index is 1.58. The van der Waals surface area contributed by atoms with Crippen LogP contribution >= 0.6 is 12.2 Å². The Morgan fingerprint density at radius 2 is 1.64 bits per heavy atom. The molecule has 0 fully saturated rings. The molecule has 0 radical (unpaired) electrons. The highest BCUT2D eigenvalue weighted by Crippen LogP contribution is 2.16. The third-order valence-corrected chi connectivity index (χ3v) is 4.30. The summed E-state index contributed by atoms with van der Waals surface area (Å²) in [6.07, 6.45) is 0. The monoisotopic (exact) mass is 347 g/mol. The summed E-state index contributed by atoms with van der Waals surface area (Å²) in [6, 6.07) is 26.5. The Bertz CT molecular complexity index is 828. The predicted molar refractivity (Wildman–Crippen MR) is 107 cm³/mol. The third-order valence-electron chi connectivity index (χ3n) is 3.92. The molecule has 3 aromatic carbocycles. The molecule has 0 aromatic heterocycles. The van der Waals surface area contributed by atoms with Crippen LogP contribution in [0.15, 0.2) is 78.9 Å². The highest BCUT2D eigenvalue weighted by atomic mass is 32.1. The average molecular weight is 347 g/mol. The van der Waals surface area contributed by atoms with Gasteiger partial charge in [0.1, 0.15) is 17.3 Å². The fraction of sp³-hybridized carbons (Fsp3) is 0.136. The maximum absolute atomic E-state index is 5.90. The predicted octanol–water partition coefficient (Wildman–Crippen LogP) is 5.04. The summed E-state index contributed by atoms with van der Waals surface area (Å²) >= 11 is 5.50. The largest absolute Gasteiger partial charge is 0.489 e. The first-order valence-corrected chi connectivity index (χ1v) is 8.72. The van der Waals surface area contributed by atoms with Gasteiger partial charge in [0.05, 0.1) is 0 Å². The van der Waals surface area contributed by atoms with Gasteiger partial charge in [-0.15, -0.1) is 0 Å². The van der Waals surface area contributed by atoms with Crippen molar-refractivity contribution in [2.24, 2.45) is 0 Å². The van der Waals surface area contributed by atoms with Crippen molar-refractivity contribution >= 4 is 17.2 Å². The molecule has 25 heavy (non-hydrogen) atoms. The topological polar surface area (TPSA) is 21.3 Å². The second-order valence-electron chi connectivity index (χ2n) is 5.97. The molecule has 2 nitrogen and oxygen atoms in total. The van der Waals surface area contributed by atoms with Gasteiger partial charge in [0.2, 0.25) is 0 Å². The molecule has 3 heteroatoms. The first-order chi connectivity index (χ1) is 12.2. The van der Waals surface area contributed by atoms with Crippen LogP contribution in [0.2, 0.25) is 0 Å². The van der Waals surface area contributed by atoms with Crippen LogP contribution in [-0.2, 0) is 13.2 Å². The Labute approximate surface area is 154 Å². The van der Waals surface area contributed by atoms with E-state index in [2.05, 4.69) is 48.6 Å². The van der Waals surface area contributed by atoms with Crippen LogP contribution in [0.4, 0.5) is 0 Å². The number of rotatable bonds is 6. The molecule has 0 amide bonds. The highest BCUT2D eigenvalue weighted by Gasteiger charge is 2.04. The van der Waals surface area contributed by atoms with E-state index in [0.717, 1.165) is 21.9 Å². The van der Waals surface area contributed by atoms with E-state index in [9.17, 15) is 0 Å². The van der Waals surface area contributed by atoms with Gasteiger partial charge in [-0.3, -0.25) is 0 Å². The first kappa shape index (κ1) is 17.2. The van der Waals surface area contributed by atoms with E-state index in [1.54, 1.807) is 0 Å². The SMILES string of the molecule is Cc1ccc(COc2cccc(C(=S)NCc3ccccc3)c2)cc1. The second kappa shape index (κ2) is 8.45. The lowest BCUT2D eigenvalue weighted by molar-refractivity contribution is 0.306. The molecule has 0 saturated carbocycles. The van der Waals surface area contributed by atoms with Crippen molar-refractivity contribution in [3.05, 3.63) is 101 Å². The maximum Gasteiger partial charge on any atom is 0.120 e. The van der Waals surface area contributed by atoms with Crippen LogP contribution in [-0.4, -0.2) is 4.99 Å². The summed E-state index contributed by atoms with van der Waals surface area (Å²) in [5, 5.41) is 3.30. The quantitative estimate of drug-likeness (QED) is 0.631. The third kappa shape index (κ3) is 5.16. The Morgan fingerprint density at radius 1 is 0.880 bits per heavy atom. The second-order valence-corrected chi connectivity index (χ2v) is 6.38. The standard InChI is InChI=1S/C22H21NOS/c1-17-10-12-19(13-11-17)16-24-21-9-5-8-20(14-21)22(25)23-15-18-6-3-2-4-7-18/h2-14H,15-16H2,1H3,(H,23,25). The van der Waals surface area contributed by atoms with E-state index in [4.69, 9.17) is 17.0 Å². The lowest BCUT2D eigenvalue weighted by Gasteiger charge is -2.11. The molecule has 0 saturated heterocycles.